The van der Waals surface area contributed by atoms with Gasteiger partial charge in [0.25, 0.3) is 0 Å². The number of furan rings is 4. The molecule has 108 heavy (non-hydrogen) atoms. The Morgan fingerprint density at radius 3 is 0.963 bits per heavy atom. The van der Waals surface area contributed by atoms with Crippen LogP contribution < -0.4 is 0 Å². The van der Waals surface area contributed by atoms with Crippen LogP contribution in [0.5, 0.6) is 0 Å². The van der Waals surface area contributed by atoms with Crippen LogP contribution in [0.2, 0.25) is 0 Å². The molecule has 0 atom stereocenters. The number of aromatic nitrogens is 6. The molecule has 0 aliphatic rings. The molecule has 0 aliphatic heterocycles. The molecule has 502 valence electrons. The first-order chi connectivity index (χ1) is 53.4. The molecule has 6 heterocycles. The fraction of sp³-hybridized carbons (Fsp3) is 0. The summed E-state index contributed by atoms with van der Waals surface area (Å²) in [4.78, 5) is 31.9. The smallest absolute Gasteiger partial charge is 0.164 e. The van der Waals surface area contributed by atoms with Gasteiger partial charge in [-0.3, -0.25) is 0 Å². The molecule has 22 aromatic rings. The second-order valence-corrected chi connectivity index (χ2v) is 27.6. The zero-order valence-corrected chi connectivity index (χ0v) is 57.6. The van der Waals surface area contributed by atoms with Crippen molar-refractivity contribution in [1.82, 2.24) is 29.9 Å². The summed E-state index contributed by atoms with van der Waals surface area (Å²) in [5, 5.41) is 12.7. The van der Waals surface area contributed by atoms with E-state index in [-0.39, 0.29) is 0 Å². The number of hydrogen-bond acceptors (Lipinski definition) is 10. The fourth-order valence-corrected chi connectivity index (χ4v) is 16.0. The van der Waals surface area contributed by atoms with Gasteiger partial charge >= 0.3 is 0 Å². The molecule has 0 amide bonds. The van der Waals surface area contributed by atoms with Gasteiger partial charge in [-0.05, 0) is 150 Å². The first kappa shape index (κ1) is 60.8. The maximum Gasteiger partial charge on any atom is 0.164 e. The van der Waals surface area contributed by atoms with Crippen LogP contribution in [-0.4, -0.2) is 29.9 Å². The molecule has 22 rings (SSSR count). The SMILES string of the molecule is c1ccc(-c2cccc(-c3nc(-c4cccc(-c5cccc6oc7c(-c8cccc(-c9ccc(-c%10nc(-c%11cccc(-c%12cccc%13oc%14ccccc%14c%12%13)c%11)nc(-c%11ccc%12ccc%13oc%14ccccc%14c%13c%12c%11)n%10)cc9)c8)cccc7c56)c4)nc(-c4ccc5ccc6oc7ccccc7c6c5c4)n3)c2)cc1. The highest BCUT2D eigenvalue weighted by molar-refractivity contribution is 6.21. The summed E-state index contributed by atoms with van der Waals surface area (Å²) in [5.74, 6) is 3.35. The molecule has 0 fully saturated rings. The maximum absolute atomic E-state index is 7.00. The van der Waals surface area contributed by atoms with Crippen molar-refractivity contribution >= 4 is 109 Å². The summed E-state index contributed by atoms with van der Waals surface area (Å²) in [6.45, 7) is 0. The van der Waals surface area contributed by atoms with Gasteiger partial charge in [-0.25, -0.2) is 29.9 Å². The normalized spacial score (nSPS) is 11.9. The van der Waals surface area contributed by atoms with Crippen molar-refractivity contribution in [3.05, 3.63) is 340 Å². The minimum Gasteiger partial charge on any atom is -0.456 e. The summed E-state index contributed by atoms with van der Waals surface area (Å²) in [7, 11) is 0. The Morgan fingerprint density at radius 2 is 0.454 bits per heavy atom. The van der Waals surface area contributed by atoms with E-state index in [1.165, 1.54) is 0 Å². The fourth-order valence-electron chi connectivity index (χ4n) is 16.0. The van der Waals surface area contributed by atoms with E-state index in [1.807, 2.05) is 54.6 Å². The largest absolute Gasteiger partial charge is 0.456 e. The number of nitrogens with zero attached hydrogens (tertiary/aromatic N) is 6. The van der Waals surface area contributed by atoms with Crippen molar-refractivity contribution in [2.75, 3.05) is 0 Å². The van der Waals surface area contributed by atoms with Crippen molar-refractivity contribution < 1.29 is 17.7 Å². The summed E-state index contributed by atoms with van der Waals surface area (Å²) >= 11 is 0. The average molecular weight is 1380 g/mol. The Morgan fingerprint density at radius 1 is 0.157 bits per heavy atom. The highest BCUT2D eigenvalue weighted by Crippen LogP contribution is 2.45. The lowest BCUT2D eigenvalue weighted by molar-refractivity contribution is 0.668. The van der Waals surface area contributed by atoms with Crippen LogP contribution in [0, 0.1) is 0 Å². The molecule has 0 N–H and O–H groups in total. The van der Waals surface area contributed by atoms with Crippen LogP contribution in [-0.2, 0) is 0 Å². The van der Waals surface area contributed by atoms with Crippen LogP contribution in [0.3, 0.4) is 0 Å². The van der Waals surface area contributed by atoms with E-state index in [1.54, 1.807) is 0 Å². The predicted octanol–water partition coefficient (Wildman–Crippen LogP) is 26.3. The third-order valence-electron chi connectivity index (χ3n) is 21.2. The minimum absolute atomic E-state index is 0.552. The van der Waals surface area contributed by atoms with Crippen molar-refractivity contribution in [3.63, 3.8) is 0 Å². The zero-order valence-electron chi connectivity index (χ0n) is 57.6. The monoisotopic (exact) mass is 1380 g/mol. The molecular weight excluding hydrogens is 1330 g/mol. The first-order valence-electron chi connectivity index (χ1n) is 36.1. The number of benzene rings is 16. The quantitative estimate of drug-likeness (QED) is 0.123. The molecule has 16 aromatic carbocycles. The van der Waals surface area contributed by atoms with E-state index in [0.717, 1.165) is 198 Å². The van der Waals surface area contributed by atoms with Crippen LogP contribution >= 0.6 is 0 Å². The Labute approximate surface area is 616 Å². The van der Waals surface area contributed by atoms with Crippen molar-refractivity contribution in [1.29, 1.82) is 0 Å². The lowest BCUT2D eigenvalue weighted by atomic mass is 9.95. The molecule has 0 saturated heterocycles. The third-order valence-corrected chi connectivity index (χ3v) is 21.2. The first-order valence-corrected chi connectivity index (χ1v) is 36.1. The zero-order chi connectivity index (χ0) is 70.9. The van der Waals surface area contributed by atoms with E-state index in [9.17, 15) is 0 Å². The van der Waals surface area contributed by atoms with Crippen molar-refractivity contribution in [3.8, 4) is 124 Å². The van der Waals surface area contributed by atoms with Gasteiger partial charge in [0.2, 0.25) is 0 Å². The van der Waals surface area contributed by atoms with Crippen LogP contribution in [0.15, 0.2) is 357 Å². The highest BCUT2D eigenvalue weighted by atomic mass is 16.3. The van der Waals surface area contributed by atoms with E-state index in [4.69, 9.17) is 47.6 Å². The van der Waals surface area contributed by atoms with Gasteiger partial charge < -0.3 is 17.7 Å². The summed E-state index contributed by atoms with van der Waals surface area (Å²) < 4.78 is 26.1. The van der Waals surface area contributed by atoms with Gasteiger partial charge in [0.1, 0.15) is 44.7 Å². The molecule has 10 heteroatoms. The van der Waals surface area contributed by atoms with E-state index < -0.39 is 0 Å². The van der Waals surface area contributed by atoms with Gasteiger partial charge in [0, 0.05) is 82.0 Å². The Hall–Kier alpha value is -14.7. The lowest BCUT2D eigenvalue weighted by Crippen LogP contribution is -2.00. The number of fused-ring (bicyclic) bond motifs is 16. The van der Waals surface area contributed by atoms with Crippen molar-refractivity contribution in [2.24, 2.45) is 0 Å². The topological polar surface area (TPSA) is 130 Å². The second-order valence-electron chi connectivity index (χ2n) is 27.6. The van der Waals surface area contributed by atoms with E-state index >= 15 is 0 Å². The number of para-hydroxylation sites is 4. The van der Waals surface area contributed by atoms with Gasteiger partial charge in [-0.1, -0.05) is 261 Å². The number of hydrogen-bond donors (Lipinski definition) is 0. The van der Waals surface area contributed by atoms with Gasteiger partial charge in [-0.15, -0.1) is 0 Å². The van der Waals surface area contributed by atoms with Gasteiger partial charge in [0.15, 0.2) is 34.9 Å². The molecule has 0 radical (unpaired) electrons. The average Bonchev–Trinajstić information content (AvgIpc) is 1.60. The molecule has 0 bridgehead atoms. The van der Waals surface area contributed by atoms with Crippen LogP contribution in [0.25, 0.3) is 233 Å². The van der Waals surface area contributed by atoms with Gasteiger partial charge in [0.05, 0.1) is 0 Å². The van der Waals surface area contributed by atoms with Crippen LogP contribution in [0.4, 0.5) is 0 Å². The van der Waals surface area contributed by atoms with Crippen LogP contribution in [0.1, 0.15) is 0 Å². The molecule has 6 aromatic heterocycles. The lowest BCUT2D eigenvalue weighted by Gasteiger charge is -2.12. The Balaban J connectivity index is 0.616. The predicted molar refractivity (Wildman–Crippen MR) is 437 cm³/mol. The molecule has 0 aliphatic carbocycles. The van der Waals surface area contributed by atoms with Crippen molar-refractivity contribution in [2.45, 2.75) is 0 Å². The standard InChI is InChI=1S/C98H56N6O4/c1-2-17-57(18-3-1)63-20-11-24-67(52-63)94-101-96(104-98(102-94)71-46-42-60-48-50-87-91(80(60)56-71)77-29-6-9-36-83(77)107-87)69-26-13-22-65(54-69)73-31-16-38-85-89(73)78-33-14-32-74(92(78)108-85)66-23-10-19-62(51-66)58-39-43-61(44-40-58)93-99-95(68-25-12-21-64(53-68)72-30-15-37-84-88(72)75-27-4-7-34-81(75)105-84)103-97(100-93)70-45-41-59-47-49-86-90(79(59)55-70)76-28-5-8-35-82(76)106-86/h1-56H. The van der Waals surface area contributed by atoms with E-state index in [0.29, 0.717) is 34.9 Å². The second kappa shape index (κ2) is 24.5. The summed E-state index contributed by atoms with van der Waals surface area (Å²) in [6.07, 6.45) is 0. The van der Waals surface area contributed by atoms with E-state index in [2.05, 4.69) is 285 Å². The summed E-state index contributed by atoms with van der Waals surface area (Å²) in [5.41, 5.74) is 22.2. The minimum atomic E-state index is 0.552. The third kappa shape index (κ3) is 10.2. The molecule has 10 nitrogen and oxygen atoms in total. The summed E-state index contributed by atoms with van der Waals surface area (Å²) in [6, 6.07) is 118. The number of rotatable bonds is 11. The molecule has 0 spiro atoms. The molecule has 0 unspecified atom stereocenters. The maximum atomic E-state index is 7.00. The Kier molecular flexibility index (Phi) is 13.8. The molecule has 0 saturated carbocycles. The highest BCUT2D eigenvalue weighted by Gasteiger charge is 2.23. The molecular formula is C98H56N6O4. The van der Waals surface area contributed by atoms with Gasteiger partial charge in [-0.2, -0.15) is 0 Å². The Bertz CT molecular complexity index is 7450.